The highest BCUT2D eigenvalue weighted by atomic mass is 35.5. The van der Waals surface area contributed by atoms with E-state index in [2.05, 4.69) is 4.72 Å². The number of nitrogens with zero attached hydrogens (tertiary/aromatic N) is 1. The summed E-state index contributed by atoms with van der Waals surface area (Å²) in [7, 11) is -4.29. The van der Waals surface area contributed by atoms with Crippen molar-refractivity contribution in [3.63, 3.8) is 0 Å². The lowest BCUT2D eigenvalue weighted by atomic mass is 10.0. The Labute approximate surface area is 132 Å². The predicted molar refractivity (Wildman–Crippen MR) is 79.4 cm³/mol. The third kappa shape index (κ3) is 4.65. The highest BCUT2D eigenvalue weighted by Gasteiger charge is 2.33. The van der Waals surface area contributed by atoms with Gasteiger partial charge in [-0.15, -0.1) is 0 Å². The molecular formula is C12H15ClN2O6S. The van der Waals surface area contributed by atoms with Gasteiger partial charge in [0.25, 0.3) is 5.69 Å². The van der Waals surface area contributed by atoms with Gasteiger partial charge in [-0.1, -0.05) is 17.7 Å². The van der Waals surface area contributed by atoms with Gasteiger partial charge in [0.2, 0.25) is 10.0 Å². The molecule has 0 unspecified atom stereocenters. The van der Waals surface area contributed by atoms with E-state index >= 15 is 0 Å². The Morgan fingerprint density at radius 3 is 2.55 bits per heavy atom. The molecule has 10 heteroatoms. The maximum absolute atomic E-state index is 12.4. The number of halogens is 1. The highest BCUT2D eigenvalue weighted by molar-refractivity contribution is 7.89. The molecule has 0 aliphatic rings. The van der Waals surface area contributed by atoms with Crippen LogP contribution >= 0.6 is 11.6 Å². The van der Waals surface area contributed by atoms with E-state index in [0.717, 1.165) is 6.07 Å². The molecule has 2 N–H and O–H groups in total. The lowest BCUT2D eigenvalue weighted by molar-refractivity contribution is -0.387. The van der Waals surface area contributed by atoms with Crippen LogP contribution in [0, 0.1) is 10.1 Å². The number of benzene rings is 1. The van der Waals surface area contributed by atoms with Crippen LogP contribution in [0.25, 0.3) is 0 Å². The fourth-order valence-electron chi connectivity index (χ4n) is 1.79. The molecule has 0 aromatic heterocycles. The second kappa shape index (κ2) is 6.59. The molecule has 0 bridgehead atoms. The minimum absolute atomic E-state index is 0.0137. The Kier molecular flexibility index (Phi) is 5.49. The van der Waals surface area contributed by atoms with Gasteiger partial charge in [0.1, 0.15) is 0 Å². The number of hydrogen-bond donors (Lipinski definition) is 2. The molecular weight excluding hydrogens is 336 g/mol. The topological polar surface area (TPSA) is 127 Å². The van der Waals surface area contributed by atoms with Gasteiger partial charge in [0.05, 0.1) is 9.95 Å². The van der Waals surface area contributed by atoms with E-state index in [1.807, 2.05) is 0 Å². The van der Waals surface area contributed by atoms with Crippen molar-refractivity contribution in [2.45, 2.75) is 37.1 Å². The number of aliphatic carboxylic acids is 1. The molecule has 8 nitrogen and oxygen atoms in total. The Morgan fingerprint density at radius 1 is 1.45 bits per heavy atom. The first kappa shape index (κ1) is 18.3. The predicted octanol–water partition coefficient (Wildman–Crippen LogP) is 2.17. The van der Waals surface area contributed by atoms with Gasteiger partial charge < -0.3 is 5.11 Å². The zero-order valence-corrected chi connectivity index (χ0v) is 13.4. The largest absolute Gasteiger partial charge is 0.481 e. The summed E-state index contributed by atoms with van der Waals surface area (Å²) in [6.07, 6.45) is -0.236. The summed E-state index contributed by atoms with van der Waals surface area (Å²) in [6, 6.07) is 3.53. The van der Waals surface area contributed by atoms with E-state index in [4.69, 9.17) is 16.7 Å². The normalized spacial score (nSPS) is 12.1. The number of carboxylic acids is 1. The Bertz CT molecular complexity index is 702. The summed E-state index contributed by atoms with van der Waals surface area (Å²) < 4.78 is 27.0. The minimum Gasteiger partial charge on any atom is -0.481 e. The van der Waals surface area contributed by atoms with Gasteiger partial charge in [-0.05, 0) is 26.3 Å². The number of nitro groups is 1. The number of rotatable bonds is 7. The first-order valence-corrected chi connectivity index (χ1v) is 8.01. The zero-order valence-electron chi connectivity index (χ0n) is 11.9. The van der Waals surface area contributed by atoms with E-state index in [1.54, 1.807) is 0 Å². The Balaban J connectivity index is 3.21. The van der Waals surface area contributed by atoms with Crippen LogP contribution in [-0.2, 0) is 14.8 Å². The van der Waals surface area contributed by atoms with Crippen molar-refractivity contribution in [1.29, 1.82) is 0 Å². The summed E-state index contributed by atoms with van der Waals surface area (Å²) in [4.78, 5) is 20.1. The van der Waals surface area contributed by atoms with E-state index in [-0.39, 0.29) is 17.9 Å². The molecule has 0 radical (unpaired) electrons. The van der Waals surface area contributed by atoms with Crippen LogP contribution in [0.4, 0.5) is 5.69 Å². The average molecular weight is 351 g/mol. The third-order valence-corrected chi connectivity index (χ3v) is 5.00. The van der Waals surface area contributed by atoms with Crippen LogP contribution in [-0.4, -0.2) is 30.0 Å². The van der Waals surface area contributed by atoms with Crippen molar-refractivity contribution in [3.8, 4) is 0 Å². The average Bonchev–Trinajstić information content (AvgIpc) is 2.34. The molecule has 22 heavy (non-hydrogen) atoms. The van der Waals surface area contributed by atoms with Crippen molar-refractivity contribution < 1.29 is 23.2 Å². The standard InChI is InChI=1S/C12H15ClN2O6S/c1-12(2,7-6-10(16)17)14-22(20,21)11-8(13)4-3-5-9(11)15(18)19/h3-5,14H,6-7H2,1-2H3,(H,16,17). The van der Waals surface area contributed by atoms with Crippen molar-refractivity contribution in [2.75, 3.05) is 0 Å². The molecule has 122 valence electrons. The van der Waals surface area contributed by atoms with Gasteiger partial charge in [-0.25, -0.2) is 13.1 Å². The molecule has 0 amide bonds. The number of nitro benzene ring substituents is 1. The van der Waals surface area contributed by atoms with Gasteiger partial charge in [0, 0.05) is 18.0 Å². The first-order valence-electron chi connectivity index (χ1n) is 6.15. The van der Waals surface area contributed by atoms with Crippen molar-refractivity contribution >= 4 is 33.3 Å². The Morgan fingerprint density at radius 2 is 2.05 bits per heavy atom. The number of carbonyl (C=O) groups is 1. The van der Waals surface area contributed by atoms with E-state index in [1.165, 1.54) is 26.0 Å². The second-order valence-corrected chi connectivity index (χ2v) is 7.25. The maximum Gasteiger partial charge on any atom is 0.303 e. The number of carboxylic acid groups (broad SMARTS) is 1. The lowest BCUT2D eigenvalue weighted by Gasteiger charge is -2.25. The summed E-state index contributed by atoms with van der Waals surface area (Å²) in [6.45, 7) is 2.96. The van der Waals surface area contributed by atoms with Crippen molar-refractivity contribution in [1.82, 2.24) is 4.72 Å². The number of nitrogens with one attached hydrogen (secondary N) is 1. The van der Waals surface area contributed by atoms with Crippen LogP contribution in [0.3, 0.4) is 0 Å². The molecule has 1 aromatic carbocycles. The molecule has 0 fully saturated rings. The van der Waals surface area contributed by atoms with Gasteiger partial charge in [0.15, 0.2) is 4.90 Å². The van der Waals surface area contributed by atoms with Crippen LogP contribution in [0.5, 0.6) is 0 Å². The highest BCUT2D eigenvalue weighted by Crippen LogP contribution is 2.31. The fourth-order valence-corrected chi connectivity index (χ4v) is 3.94. The van der Waals surface area contributed by atoms with Gasteiger partial charge in [-0.3, -0.25) is 14.9 Å². The van der Waals surface area contributed by atoms with E-state index < -0.39 is 37.0 Å². The lowest BCUT2D eigenvalue weighted by Crippen LogP contribution is -2.43. The van der Waals surface area contributed by atoms with Gasteiger partial charge >= 0.3 is 5.97 Å². The molecule has 0 saturated heterocycles. The molecule has 0 atom stereocenters. The van der Waals surface area contributed by atoms with Crippen LogP contribution < -0.4 is 4.72 Å². The Hall–Kier alpha value is -1.71. The SMILES string of the molecule is CC(C)(CCC(=O)O)NS(=O)(=O)c1c(Cl)cccc1[N+](=O)[O-]. The molecule has 1 aromatic rings. The summed E-state index contributed by atoms with van der Waals surface area (Å²) in [5.41, 5.74) is -1.75. The molecule has 1 rings (SSSR count). The van der Waals surface area contributed by atoms with Crippen molar-refractivity contribution in [2.24, 2.45) is 0 Å². The van der Waals surface area contributed by atoms with Gasteiger partial charge in [-0.2, -0.15) is 0 Å². The summed E-state index contributed by atoms with van der Waals surface area (Å²) >= 11 is 5.80. The van der Waals surface area contributed by atoms with E-state index in [0.29, 0.717) is 0 Å². The number of hydrogen-bond acceptors (Lipinski definition) is 5. The first-order chi connectivity index (χ1) is 9.96. The maximum atomic E-state index is 12.4. The molecule has 0 heterocycles. The molecule has 0 saturated carbocycles. The third-order valence-electron chi connectivity index (χ3n) is 2.79. The van der Waals surface area contributed by atoms with Crippen LogP contribution in [0.15, 0.2) is 23.1 Å². The summed E-state index contributed by atoms with van der Waals surface area (Å²) in [5, 5.41) is 19.4. The quantitative estimate of drug-likeness (QED) is 0.573. The molecule has 0 spiro atoms. The monoisotopic (exact) mass is 350 g/mol. The minimum atomic E-state index is -4.29. The summed E-state index contributed by atoms with van der Waals surface area (Å²) in [5.74, 6) is -1.07. The molecule has 0 aliphatic carbocycles. The smallest absolute Gasteiger partial charge is 0.303 e. The van der Waals surface area contributed by atoms with Crippen LogP contribution in [0.1, 0.15) is 26.7 Å². The second-order valence-electron chi connectivity index (χ2n) is 5.23. The van der Waals surface area contributed by atoms with Crippen LogP contribution in [0.2, 0.25) is 5.02 Å². The van der Waals surface area contributed by atoms with E-state index in [9.17, 15) is 23.3 Å². The molecule has 0 aliphatic heterocycles. The number of sulfonamides is 1. The zero-order chi connectivity index (χ0) is 17.1. The fraction of sp³-hybridized carbons (Fsp3) is 0.417. The van der Waals surface area contributed by atoms with Crippen molar-refractivity contribution in [3.05, 3.63) is 33.3 Å².